The molecule has 0 amide bonds. The van der Waals surface area contributed by atoms with Gasteiger partial charge in [-0.05, 0) is 86.9 Å². The summed E-state index contributed by atoms with van der Waals surface area (Å²) in [7, 11) is 5.60. The van der Waals surface area contributed by atoms with Crippen LogP contribution in [0.15, 0.2) is 34.9 Å². The highest BCUT2D eigenvalue weighted by Crippen LogP contribution is 2.42. The molecule has 3 aliphatic rings. The van der Waals surface area contributed by atoms with Crippen LogP contribution in [-0.4, -0.2) is 106 Å². The number of hydrogen-bond acceptors (Lipinski definition) is 10. The number of aromatic nitrogens is 2. The fourth-order valence-corrected chi connectivity index (χ4v) is 7.76. The van der Waals surface area contributed by atoms with Crippen molar-refractivity contribution in [3.05, 3.63) is 40.5 Å². The Labute approximate surface area is 270 Å². The van der Waals surface area contributed by atoms with E-state index in [-0.39, 0.29) is 0 Å². The van der Waals surface area contributed by atoms with Crippen LogP contribution in [0.4, 0.5) is 28.8 Å². The Kier molecular flexibility index (Phi) is 9.38. The molecule has 0 unspecified atom stereocenters. The number of nitrogens with one attached hydrogen (secondary N) is 2. The molecule has 0 atom stereocenters. The van der Waals surface area contributed by atoms with Gasteiger partial charge in [-0.3, -0.25) is 4.90 Å². The third-order valence-corrected chi connectivity index (χ3v) is 10.8. The Bertz CT molecular complexity index is 1490. The molecular formula is C32H43BrN7O3P. The summed E-state index contributed by atoms with van der Waals surface area (Å²) in [5.74, 6) is 3.51. The summed E-state index contributed by atoms with van der Waals surface area (Å²) >= 11 is 3.63. The Hall–Kier alpha value is -2.85. The molecule has 3 aromatic rings. The molecule has 2 aromatic carbocycles. The Morgan fingerprint density at radius 2 is 1.80 bits per heavy atom. The van der Waals surface area contributed by atoms with Crippen molar-refractivity contribution in [1.29, 1.82) is 0 Å². The number of halogens is 1. The van der Waals surface area contributed by atoms with E-state index in [1.807, 2.05) is 12.1 Å². The van der Waals surface area contributed by atoms with E-state index in [0.717, 1.165) is 51.5 Å². The van der Waals surface area contributed by atoms with Crippen molar-refractivity contribution in [2.75, 3.05) is 89.5 Å². The number of anilines is 5. The second kappa shape index (κ2) is 13.3. The summed E-state index contributed by atoms with van der Waals surface area (Å²) in [6, 6.07) is 9.65. The van der Waals surface area contributed by atoms with Crippen molar-refractivity contribution < 1.29 is 14.2 Å². The lowest BCUT2D eigenvalue weighted by atomic mass is 9.96. The number of rotatable bonds is 9. The van der Waals surface area contributed by atoms with Crippen molar-refractivity contribution in [1.82, 2.24) is 19.8 Å². The molecule has 2 N–H and O–H groups in total. The minimum absolute atomic E-state index is 0.474. The van der Waals surface area contributed by atoms with E-state index >= 15 is 0 Å². The molecule has 0 spiro atoms. The second-order valence-electron chi connectivity index (χ2n) is 12.1. The lowest BCUT2D eigenvalue weighted by molar-refractivity contribution is 0.0188. The zero-order chi connectivity index (χ0) is 31.0. The van der Waals surface area contributed by atoms with E-state index in [1.54, 1.807) is 13.3 Å². The fraction of sp³-hybridized carbons (Fsp3) is 0.500. The van der Waals surface area contributed by atoms with Gasteiger partial charge in [-0.25, -0.2) is 4.98 Å². The molecular weight excluding hydrogens is 641 g/mol. The first-order valence-corrected chi connectivity index (χ1v) is 18.2. The number of ether oxygens (including phenoxy) is 3. The average molecular weight is 685 g/mol. The van der Waals surface area contributed by atoms with E-state index in [2.05, 4.69) is 92.7 Å². The van der Waals surface area contributed by atoms with E-state index in [0.29, 0.717) is 37.1 Å². The maximum atomic E-state index is 6.03. The van der Waals surface area contributed by atoms with Gasteiger partial charge in [-0.1, -0.05) is 7.92 Å². The number of methoxy groups -OCH3 is 1. The Morgan fingerprint density at radius 1 is 1.05 bits per heavy atom. The topological polar surface area (TPSA) is 87.3 Å². The normalized spacial score (nSPS) is 17.6. The number of nitrogens with zero attached hydrogens (tertiary/aromatic N) is 5. The molecule has 0 aliphatic carbocycles. The number of hydrogen-bond donors (Lipinski definition) is 2. The van der Waals surface area contributed by atoms with Crippen molar-refractivity contribution in [3.63, 3.8) is 0 Å². The molecule has 0 radical (unpaired) electrons. The van der Waals surface area contributed by atoms with Gasteiger partial charge in [0.05, 0.1) is 23.0 Å². The highest BCUT2D eigenvalue weighted by molar-refractivity contribution is 9.10. The monoisotopic (exact) mass is 683 g/mol. The van der Waals surface area contributed by atoms with Crippen LogP contribution in [0.3, 0.4) is 0 Å². The van der Waals surface area contributed by atoms with Crippen LogP contribution in [0.5, 0.6) is 17.2 Å². The number of benzene rings is 2. The van der Waals surface area contributed by atoms with Crippen molar-refractivity contribution >= 4 is 58.0 Å². The number of likely N-dealkylation sites (tertiary alicyclic amines) is 1. The summed E-state index contributed by atoms with van der Waals surface area (Å²) in [6.07, 6.45) is 4.13. The second-order valence-corrected chi connectivity index (χ2v) is 15.2. The van der Waals surface area contributed by atoms with Crippen LogP contribution in [0.1, 0.15) is 18.4 Å². The number of piperidine rings is 1. The first kappa shape index (κ1) is 31.1. The Balaban J connectivity index is 1.17. The van der Waals surface area contributed by atoms with Crippen LogP contribution >= 0.6 is 23.9 Å². The molecule has 236 valence electrons. The maximum Gasteiger partial charge on any atom is 0.229 e. The lowest BCUT2D eigenvalue weighted by Gasteiger charge is -2.49. The average Bonchev–Trinajstić information content (AvgIpc) is 2.98. The predicted octanol–water partition coefficient (Wildman–Crippen LogP) is 5.40. The van der Waals surface area contributed by atoms with Crippen LogP contribution in [0.25, 0.3) is 0 Å². The summed E-state index contributed by atoms with van der Waals surface area (Å²) in [4.78, 5) is 16.9. The maximum absolute atomic E-state index is 6.03. The quantitative estimate of drug-likeness (QED) is 0.286. The molecule has 44 heavy (non-hydrogen) atoms. The summed E-state index contributed by atoms with van der Waals surface area (Å²) in [5, 5.41) is 8.05. The van der Waals surface area contributed by atoms with Gasteiger partial charge >= 0.3 is 0 Å². The standard InChI is InChI=1S/C32H43BrN7O3P/c1-20-15-25(28(41-4)16-26(20)39-11-9-21(10-12-39)40-18-22(19-40)38(2)3)36-32-34-17-23(33)31(37-32)35-24-7-8-27-29(30(24)44(5)6)43-14-13-42-27/h7-8,15-17,21-22H,9-14,18-19H2,1-6H3,(H2,34,35,36,37). The molecule has 3 aliphatic heterocycles. The van der Waals surface area contributed by atoms with Gasteiger partial charge in [0, 0.05) is 61.5 Å². The van der Waals surface area contributed by atoms with Gasteiger partial charge in [0.1, 0.15) is 24.8 Å². The number of likely N-dealkylation sites (N-methyl/N-ethyl adjacent to an activating group) is 1. The highest BCUT2D eigenvalue weighted by atomic mass is 79.9. The summed E-state index contributed by atoms with van der Waals surface area (Å²) in [5.41, 5.74) is 4.20. The first-order valence-electron chi connectivity index (χ1n) is 15.2. The summed E-state index contributed by atoms with van der Waals surface area (Å²) in [6.45, 7) is 12.2. The highest BCUT2D eigenvalue weighted by Gasteiger charge is 2.35. The lowest BCUT2D eigenvalue weighted by Crippen LogP contribution is -2.62. The fourth-order valence-electron chi connectivity index (χ4n) is 6.28. The predicted molar refractivity (Wildman–Crippen MR) is 184 cm³/mol. The Morgan fingerprint density at radius 3 is 2.50 bits per heavy atom. The van der Waals surface area contributed by atoms with Crippen molar-refractivity contribution in [3.8, 4) is 17.2 Å². The van der Waals surface area contributed by atoms with Gasteiger partial charge in [0.2, 0.25) is 5.95 Å². The van der Waals surface area contributed by atoms with Gasteiger partial charge < -0.3 is 34.6 Å². The third kappa shape index (κ3) is 6.43. The van der Waals surface area contributed by atoms with Gasteiger partial charge in [0.15, 0.2) is 11.5 Å². The number of aryl methyl sites for hydroxylation is 1. The molecule has 4 heterocycles. The SMILES string of the molecule is COc1cc(N2CCC(N3CC(N(C)C)C3)CC2)c(C)cc1Nc1ncc(Br)c(Nc2ccc3c(c2P(C)C)OCCO3)n1. The molecule has 2 fully saturated rings. The third-order valence-electron chi connectivity index (χ3n) is 8.83. The van der Waals surface area contributed by atoms with Crippen LogP contribution in [0.2, 0.25) is 0 Å². The number of fused-ring (bicyclic) bond motifs is 1. The van der Waals surface area contributed by atoms with E-state index in [9.17, 15) is 0 Å². The zero-order valence-electron chi connectivity index (χ0n) is 26.5. The molecule has 0 bridgehead atoms. The van der Waals surface area contributed by atoms with Crippen LogP contribution in [-0.2, 0) is 0 Å². The van der Waals surface area contributed by atoms with Gasteiger partial charge in [-0.15, -0.1) is 0 Å². The molecule has 0 saturated carbocycles. The van der Waals surface area contributed by atoms with Gasteiger partial charge in [-0.2, -0.15) is 4.98 Å². The first-order chi connectivity index (χ1) is 21.2. The minimum Gasteiger partial charge on any atom is -0.494 e. The van der Waals surface area contributed by atoms with Gasteiger partial charge in [0.25, 0.3) is 0 Å². The largest absolute Gasteiger partial charge is 0.494 e. The van der Waals surface area contributed by atoms with Crippen LogP contribution in [0, 0.1) is 6.92 Å². The van der Waals surface area contributed by atoms with Crippen molar-refractivity contribution in [2.24, 2.45) is 0 Å². The van der Waals surface area contributed by atoms with E-state index in [1.165, 1.54) is 37.2 Å². The minimum atomic E-state index is -0.478. The molecule has 6 rings (SSSR count). The smallest absolute Gasteiger partial charge is 0.229 e. The molecule has 10 nitrogen and oxygen atoms in total. The van der Waals surface area contributed by atoms with E-state index in [4.69, 9.17) is 19.2 Å². The molecule has 12 heteroatoms. The molecule has 2 saturated heterocycles. The van der Waals surface area contributed by atoms with Crippen molar-refractivity contribution in [2.45, 2.75) is 31.8 Å². The van der Waals surface area contributed by atoms with E-state index < -0.39 is 7.92 Å². The molecule has 1 aromatic heterocycles. The zero-order valence-corrected chi connectivity index (χ0v) is 29.0. The summed E-state index contributed by atoms with van der Waals surface area (Å²) < 4.78 is 18.5. The van der Waals surface area contributed by atoms with Crippen LogP contribution < -0.4 is 35.0 Å².